The number of aryl methyl sites for hydroxylation is 2. The molecule has 1 amide bonds. The number of amides is 1. The molecule has 3 heterocycles. The van der Waals surface area contributed by atoms with Crippen LogP contribution >= 0.6 is 0 Å². The number of aromatic amines is 1. The molecule has 8 nitrogen and oxygen atoms in total. The number of carbonyl (C=O) groups is 1. The molecule has 34 heavy (non-hydrogen) atoms. The fourth-order valence-corrected chi connectivity index (χ4v) is 5.21. The van der Waals surface area contributed by atoms with Gasteiger partial charge in [0, 0.05) is 76.6 Å². The number of hydrogen-bond acceptors (Lipinski definition) is 6. The quantitative estimate of drug-likeness (QED) is 0.731. The fraction of sp³-hybridized carbons (Fsp3) is 0.577. The molecule has 1 aromatic heterocycles. The average Bonchev–Trinajstić information content (AvgIpc) is 2.80. The Bertz CT molecular complexity index is 1080. The smallest absolute Gasteiger partial charge is 0.252 e. The van der Waals surface area contributed by atoms with E-state index >= 15 is 0 Å². The largest absolute Gasteiger partial charge is 0.369 e. The highest BCUT2D eigenvalue weighted by Crippen LogP contribution is 2.29. The Kier molecular flexibility index (Phi) is 6.59. The number of hydrogen-bond donors (Lipinski definition) is 1. The Labute approximate surface area is 201 Å². The molecule has 8 heteroatoms. The van der Waals surface area contributed by atoms with E-state index in [1.807, 2.05) is 4.90 Å². The Morgan fingerprint density at radius 2 is 1.68 bits per heavy atom. The van der Waals surface area contributed by atoms with Crippen molar-refractivity contribution in [2.24, 2.45) is 5.92 Å². The lowest BCUT2D eigenvalue weighted by atomic mass is 9.84. The van der Waals surface area contributed by atoms with E-state index in [1.54, 1.807) is 6.07 Å². The first-order chi connectivity index (χ1) is 16.5. The summed E-state index contributed by atoms with van der Waals surface area (Å²) < 4.78 is 0. The predicted molar refractivity (Wildman–Crippen MR) is 134 cm³/mol. The molecule has 3 aliphatic rings. The summed E-state index contributed by atoms with van der Waals surface area (Å²) in [5.74, 6) is 1.18. The van der Waals surface area contributed by atoms with E-state index in [-0.39, 0.29) is 11.5 Å². The van der Waals surface area contributed by atoms with Crippen LogP contribution in [0.4, 0.5) is 11.6 Å². The van der Waals surface area contributed by atoms with Crippen LogP contribution in [0.5, 0.6) is 0 Å². The van der Waals surface area contributed by atoms with Gasteiger partial charge >= 0.3 is 0 Å². The van der Waals surface area contributed by atoms with E-state index in [0.29, 0.717) is 44.6 Å². The van der Waals surface area contributed by atoms with Crippen molar-refractivity contribution in [1.29, 1.82) is 0 Å². The Morgan fingerprint density at radius 3 is 2.35 bits per heavy atom. The van der Waals surface area contributed by atoms with Crippen LogP contribution in [0.2, 0.25) is 0 Å². The average molecular weight is 465 g/mol. The molecule has 0 atom stereocenters. The highest BCUT2D eigenvalue weighted by atomic mass is 16.2. The highest BCUT2D eigenvalue weighted by Gasteiger charge is 2.31. The van der Waals surface area contributed by atoms with Gasteiger partial charge in [0.05, 0.1) is 5.69 Å². The van der Waals surface area contributed by atoms with Crippen molar-refractivity contribution in [3.8, 4) is 0 Å². The van der Waals surface area contributed by atoms with E-state index in [4.69, 9.17) is 4.98 Å². The SMILES string of the molecule is Cc1ccc(C)c(N2CCN(Cc3cc(=O)[nH]c(N4CCN(C(=O)C5CCC5)CC4)n3)CC2)c1. The predicted octanol–water partition coefficient (Wildman–Crippen LogP) is 2.16. The van der Waals surface area contributed by atoms with Gasteiger partial charge in [0.1, 0.15) is 0 Å². The normalized spacial score (nSPS) is 19.9. The topological polar surface area (TPSA) is 75.8 Å². The molecule has 0 bridgehead atoms. The van der Waals surface area contributed by atoms with Crippen LogP contribution in [0.1, 0.15) is 36.1 Å². The summed E-state index contributed by atoms with van der Waals surface area (Å²) in [6.45, 7) is 11.6. The van der Waals surface area contributed by atoms with Gasteiger partial charge in [0.2, 0.25) is 11.9 Å². The van der Waals surface area contributed by atoms with Crippen molar-refractivity contribution in [3.05, 3.63) is 51.4 Å². The lowest BCUT2D eigenvalue weighted by Crippen LogP contribution is -2.51. The molecule has 2 saturated heterocycles. The van der Waals surface area contributed by atoms with Gasteiger partial charge < -0.3 is 14.7 Å². The number of benzene rings is 1. The molecule has 2 aliphatic heterocycles. The first-order valence-electron chi connectivity index (χ1n) is 12.6. The zero-order chi connectivity index (χ0) is 23.7. The van der Waals surface area contributed by atoms with Crippen LogP contribution in [-0.4, -0.2) is 78.0 Å². The van der Waals surface area contributed by atoms with Crippen LogP contribution < -0.4 is 15.4 Å². The van der Waals surface area contributed by atoms with E-state index in [0.717, 1.165) is 44.7 Å². The van der Waals surface area contributed by atoms with E-state index < -0.39 is 0 Å². The zero-order valence-electron chi connectivity index (χ0n) is 20.4. The molecule has 1 N–H and O–H groups in total. The number of nitrogens with one attached hydrogen (secondary N) is 1. The summed E-state index contributed by atoms with van der Waals surface area (Å²) >= 11 is 0. The minimum atomic E-state index is -0.109. The number of nitrogens with zero attached hydrogens (tertiary/aromatic N) is 5. The molecule has 1 saturated carbocycles. The van der Waals surface area contributed by atoms with Crippen LogP contribution in [0, 0.1) is 19.8 Å². The minimum Gasteiger partial charge on any atom is -0.369 e. The number of H-pyrrole nitrogens is 1. The molecule has 182 valence electrons. The summed E-state index contributed by atoms with van der Waals surface area (Å²) in [5.41, 5.74) is 4.63. The van der Waals surface area contributed by atoms with Gasteiger partial charge in [0.15, 0.2) is 0 Å². The third-order valence-electron chi connectivity index (χ3n) is 7.59. The second kappa shape index (κ2) is 9.78. The second-order valence-corrected chi connectivity index (χ2v) is 10.1. The molecule has 0 radical (unpaired) electrons. The maximum absolute atomic E-state index is 12.5. The van der Waals surface area contributed by atoms with Crippen molar-refractivity contribution >= 4 is 17.5 Å². The zero-order valence-corrected chi connectivity index (χ0v) is 20.4. The van der Waals surface area contributed by atoms with Crippen molar-refractivity contribution in [1.82, 2.24) is 19.8 Å². The van der Waals surface area contributed by atoms with E-state index in [1.165, 1.54) is 23.2 Å². The lowest BCUT2D eigenvalue weighted by molar-refractivity contribution is -0.138. The number of aromatic nitrogens is 2. The van der Waals surface area contributed by atoms with Gasteiger partial charge in [-0.25, -0.2) is 4.98 Å². The minimum absolute atomic E-state index is 0.109. The Hall–Kier alpha value is -2.87. The lowest BCUT2D eigenvalue weighted by Gasteiger charge is -2.38. The molecular formula is C26H36N6O2. The second-order valence-electron chi connectivity index (χ2n) is 10.1. The van der Waals surface area contributed by atoms with Crippen LogP contribution in [0.15, 0.2) is 29.1 Å². The molecule has 3 fully saturated rings. The van der Waals surface area contributed by atoms with Crippen molar-refractivity contribution < 1.29 is 4.79 Å². The van der Waals surface area contributed by atoms with Crippen molar-refractivity contribution in [2.45, 2.75) is 39.7 Å². The van der Waals surface area contributed by atoms with Gasteiger partial charge in [-0.15, -0.1) is 0 Å². The Morgan fingerprint density at radius 1 is 0.971 bits per heavy atom. The molecule has 5 rings (SSSR count). The molecule has 1 aliphatic carbocycles. The summed E-state index contributed by atoms with van der Waals surface area (Å²) in [6, 6.07) is 8.26. The standard InChI is InChI=1S/C26H36N6O2/c1-19-6-7-20(2)23(16-19)30-10-8-29(9-11-30)18-22-17-24(33)28-26(27-22)32-14-12-31(13-15-32)25(34)21-4-3-5-21/h6-7,16-17,21H,3-5,8-15,18H2,1-2H3,(H,27,28,33). The fourth-order valence-electron chi connectivity index (χ4n) is 5.21. The third-order valence-corrected chi connectivity index (χ3v) is 7.59. The van der Waals surface area contributed by atoms with E-state index in [2.05, 4.69) is 51.7 Å². The summed E-state index contributed by atoms with van der Waals surface area (Å²) in [7, 11) is 0. The highest BCUT2D eigenvalue weighted by molar-refractivity contribution is 5.79. The first kappa shape index (κ1) is 22.9. The molecule has 0 unspecified atom stereocenters. The summed E-state index contributed by atoms with van der Waals surface area (Å²) in [5, 5.41) is 0. The van der Waals surface area contributed by atoms with Gasteiger partial charge in [-0.2, -0.15) is 0 Å². The van der Waals surface area contributed by atoms with Crippen molar-refractivity contribution in [2.75, 3.05) is 62.2 Å². The monoisotopic (exact) mass is 464 g/mol. The number of rotatable bonds is 5. The number of anilines is 2. The van der Waals surface area contributed by atoms with Crippen LogP contribution in [0.25, 0.3) is 0 Å². The van der Waals surface area contributed by atoms with Crippen LogP contribution in [-0.2, 0) is 11.3 Å². The molecule has 2 aromatic rings. The number of carbonyl (C=O) groups excluding carboxylic acids is 1. The van der Waals surface area contributed by atoms with Crippen LogP contribution in [0.3, 0.4) is 0 Å². The van der Waals surface area contributed by atoms with Crippen molar-refractivity contribution in [3.63, 3.8) is 0 Å². The maximum Gasteiger partial charge on any atom is 0.252 e. The Balaban J connectivity index is 1.17. The molecule has 0 spiro atoms. The number of piperazine rings is 2. The first-order valence-corrected chi connectivity index (χ1v) is 12.6. The molecular weight excluding hydrogens is 428 g/mol. The third kappa shape index (κ3) is 4.97. The van der Waals surface area contributed by atoms with Gasteiger partial charge in [-0.1, -0.05) is 18.6 Å². The summed E-state index contributed by atoms with van der Waals surface area (Å²) in [6.07, 6.45) is 3.25. The van der Waals surface area contributed by atoms with E-state index in [9.17, 15) is 9.59 Å². The van der Waals surface area contributed by atoms with Gasteiger partial charge in [-0.05, 0) is 43.9 Å². The summed E-state index contributed by atoms with van der Waals surface area (Å²) in [4.78, 5) is 41.6. The van der Waals surface area contributed by atoms with Gasteiger partial charge in [0.25, 0.3) is 5.56 Å². The maximum atomic E-state index is 12.5. The molecule has 1 aromatic carbocycles. The van der Waals surface area contributed by atoms with Gasteiger partial charge in [-0.3, -0.25) is 19.5 Å².